The Kier molecular flexibility index (Phi) is 7.75. The van der Waals surface area contributed by atoms with Gasteiger partial charge in [-0.2, -0.15) is 0 Å². The predicted octanol–water partition coefficient (Wildman–Crippen LogP) is 0.847. The summed E-state index contributed by atoms with van der Waals surface area (Å²) in [6.07, 6.45) is 0.0137. The minimum absolute atomic E-state index is 0.0880. The van der Waals surface area contributed by atoms with E-state index in [0.29, 0.717) is 0 Å². The molecule has 13 heteroatoms. The Morgan fingerprint density at radius 3 is 2.73 bits per heavy atom. The summed E-state index contributed by atoms with van der Waals surface area (Å²) in [6.45, 7) is 4.65. The SMILES string of the molecule is CC(C)OC(=O)[C@H](C)NP(=O)(O)OC[C@]1(CF)C[C@H](C)[C@H](n2ccc(=O)[nH]c2=O)O1. The topological polar surface area (TPSA) is 149 Å². The molecule has 2 rings (SSSR count). The highest BCUT2D eigenvalue weighted by molar-refractivity contribution is 7.50. The maximum atomic E-state index is 13.9. The van der Waals surface area contributed by atoms with Crippen molar-refractivity contribution >= 4 is 13.7 Å². The second kappa shape index (κ2) is 9.52. The first-order chi connectivity index (χ1) is 13.9. The number of H-pyrrole nitrogens is 1. The number of halogens is 1. The Morgan fingerprint density at radius 1 is 1.50 bits per heavy atom. The van der Waals surface area contributed by atoms with Crippen LogP contribution in [0.3, 0.4) is 0 Å². The van der Waals surface area contributed by atoms with Crippen molar-refractivity contribution in [1.29, 1.82) is 0 Å². The number of nitrogens with one attached hydrogen (secondary N) is 2. The first kappa shape index (κ1) is 24.4. The quantitative estimate of drug-likeness (QED) is 0.367. The van der Waals surface area contributed by atoms with Crippen LogP contribution >= 0.6 is 7.75 Å². The number of esters is 1. The standard InChI is InChI=1S/C17H27FN3O8P/c1-10(2)28-15(23)12(4)20-30(25,26)27-9-17(8-18)7-11(3)14(29-17)21-6-5-13(22)19-16(21)24/h5-6,10-12,14H,7-9H2,1-4H3,(H,19,22,24)(H2,20,25,26)/t11-,12-,14+,17+/m0/s1. The van der Waals surface area contributed by atoms with E-state index in [9.17, 15) is 28.2 Å². The molecule has 1 aromatic rings. The molecule has 0 spiro atoms. The lowest BCUT2D eigenvalue weighted by molar-refractivity contribution is -0.149. The third-order valence-corrected chi connectivity index (χ3v) is 5.68. The van der Waals surface area contributed by atoms with Gasteiger partial charge >= 0.3 is 19.4 Å². The molecular formula is C17H27FN3O8P. The average Bonchev–Trinajstić information content (AvgIpc) is 2.96. The van der Waals surface area contributed by atoms with Crippen LogP contribution in [0.2, 0.25) is 0 Å². The molecule has 0 amide bonds. The van der Waals surface area contributed by atoms with Crippen LogP contribution in [0.25, 0.3) is 0 Å². The molecule has 5 atom stereocenters. The minimum atomic E-state index is -4.50. The van der Waals surface area contributed by atoms with E-state index in [1.54, 1.807) is 20.8 Å². The van der Waals surface area contributed by atoms with Crippen molar-refractivity contribution in [3.05, 3.63) is 33.1 Å². The zero-order valence-corrected chi connectivity index (χ0v) is 18.1. The molecule has 0 radical (unpaired) electrons. The van der Waals surface area contributed by atoms with Crippen molar-refractivity contribution in [2.24, 2.45) is 5.92 Å². The molecule has 1 aliphatic rings. The molecule has 0 aliphatic carbocycles. The number of aromatic nitrogens is 2. The van der Waals surface area contributed by atoms with E-state index in [1.807, 2.05) is 0 Å². The van der Waals surface area contributed by atoms with E-state index < -0.39 is 62.2 Å². The van der Waals surface area contributed by atoms with Crippen molar-refractivity contribution in [2.45, 2.75) is 58.1 Å². The number of alkyl halides is 1. The lowest BCUT2D eigenvalue weighted by Gasteiger charge is -2.28. The molecule has 1 aromatic heterocycles. The summed E-state index contributed by atoms with van der Waals surface area (Å²) >= 11 is 0. The second-order valence-corrected chi connectivity index (χ2v) is 9.21. The molecule has 0 bridgehead atoms. The van der Waals surface area contributed by atoms with Gasteiger partial charge in [0.25, 0.3) is 5.56 Å². The number of hydrogen-bond acceptors (Lipinski definition) is 7. The Hall–Kier alpha value is -1.85. The van der Waals surface area contributed by atoms with Crippen LogP contribution in [0, 0.1) is 5.92 Å². The van der Waals surface area contributed by atoms with Crippen LogP contribution in [-0.2, 0) is 23.4 Å². The number of nitrogens with zero attached hydrogens (tertiary/aromatic N) is 1. The van der Waals surface area contributed by atoms with E-state index in [-0.39, 0.29) is 12.3 Å². The molecule has 30 heavy (non-hydrogen) atoms. The van der Waals surface area contributed by atoms with E-state index in [0.717, 1.165) is 10.6 Å². The fourth-order valence-corrected chi connectivity index (χ4v) is 4.24. The number of aromatic amines is 1. The first-order valence-electron chi connectivity index (χ1n) is 9.39. The fourth-order valence-electron chi connectivity index (χ4n) is 3.16. The molecule has 0 saturated carbocycles. The van der Waals surface area contributed by atoms with Crippen molar-refractivity contribution in [1.82, 2.24) is 14.6 Å². The summed E-state index contributed by atoms with van der Waals surface area (Å²) in [5.41, 5.74) is -2.89. The monoisotopic (exact) mass is 451 g/mol. The number of hydrogen-bond donors (Lipinski definition) is 3. The summed E-state index contributed by atoms with van der Waals surface area (Å²) in [4.78, 5) is 47.1. The van der Waals surface area contributed by atoms with Gasteiger partial charge in [0, 0.05) is 18.2 Å². The lowest BCUT2D eigenvalue weighted by atomic mass is 9.96. The van der Waals surface area contributed by atoms with Gasteiger partial charge < -0.3 is 14.4 Å². The Bertz CT molecular complexity index is 919. The summed E-state index contributed by atoms with van der Waals surface area (Å²) in [5, 5.41) is 2.14. The van der Waals surface area contributed by atoms with Crippen molar-refractivity contribution < 1.29 is 32.6 Å². The molecule has 3 N–H and O–H groups in total. The van der Waals surface area contributed by atoms with Gasteiger partial charge in [-0.25, -0.2) is 18.8 Å². The van der Waals surface area contributed by atoms with Gasteiger partial charge in [-0.1, -0.05) is 6.92 Å². The zero-order valence-electron chi connectivity index (χ0n) is 17.2. The molecule has 2 heterocycles. The van der Waals surface area contributed by atoms with Gasteiger partial charge in [0.05, 0.1) is 12.7 Å². The Labute approximate surface area is 172 Å². The van der Waals surface area contributed by atoms with Crippen molar-refractivity contribution in [2.75, 3.05) is 13.3 Å². The smallest absolute Gasteiger partial charge is 0.403 e. The van der Waals surface area contributed by atoms with Crippen LogP contribution in [-0.4, -0.2) is 51.4 Å². The molecular weight excluding hydrogens is 424 g/mol. The van der Waals surface area contributed by atoms with E-state index in [2.05, 4.69) is 10.1 Å². The molecule has 1 unspecified atom stereocenters. The molecule has 1 fully saturated rings. The third kappa shape index (κ3) is 6.08. The van der Waals surface area contributed by atoms with Gasteiger partial charge in [-0.05, 0) is 27.2 Å². The maximum Gasteiger partial charge on any atom is 0.403 e. The van der Waals surface area contributed by atoms with Gasteiger partial charge in [-0.15, -0.1) is 0 Å². The van der Waals surface area contributed by atoms with Crippen LogP contribution in [0.1, 0.15) is 40.3 Å². The van der Waals surface area contributed by atoms with Crippen molar-refractivity contribution in [3.63, 3.8) is 0 Å². The summed E-state index contributed by atoms with van der Waals surface area (Å²) in [6, 6.07) is -0.00663. The predicted molar refractivity (Wildman–Crippen MR) is 104 cm³/mol. The number of carbonyl (C=O) groups is 1. The van der Waals surface area contributed by atoms with Crippen LogP contribution in [0.15, 0.2) is 21.9 Å². The number of carbonyl (C=O) groups excluding carboxylic acids is 1. The normalized spacial score (nSPS) is 27.0. The first-order valence-corrected chi connectivity index (χ1v) is 11.0. The highest BCUT2D eigenvalue weighted by Gasteiger charge is 2.47. The van der Waals surface area contributed by atoms with E-state index in [4.69, 9.17) is 14.0 Å². The second-order valence-electron chi connectivity index (χ2n) is 7.65. The van der Waals surface area contributed by atoms with E-state index >= 15 is 0 Å². The van der Waals surface area contributed by atoms with Gasteiger partial charge in [0.15, 0.2) is 0 Å². The number of rotatable bonds is 9. The van der Waals surface area contributed by atoms with Crippen molar-refractivity contribution in [3.8, 4) is 0 Å². The highest BCUT2D eigenvalue weighted by atomic mass is 31.2. The third-order valence-electron chi connectivity index (χ3n) is 4.49. The molecule has 1 saturated heterocycles. The molecule has 0 aromatic carbocycles. The van der Waals surface area contributed by atoms with Gasteiger partial charge in [-0.3, -0.25) is 23.7 Å². The number of ether oxygens (including phenoxy) is 2. The minimum Gasteiger partial charge on any atom is -0.462 e. The lowest BCUT2D eigenvalue weighted by Crippen LogP contribution is -2.40. The van der Waals surface area contributed by atoms with Gasteiger partial charge in [0.2, 0.25) is 0 Å². The van der Waals surface area contributed by atoms with Gasteiger partial charge in [0.1, 0.15) is 24.5 Å². The molecule has 170 valence electrons. The summed E-state index contributed by atoms with van der Waals surface area (Å²) in [5.74, 6) is -1.11. The average molecular weight is 451 g/mol. The highest BCUT2D eigenvalue weighted by Crippen LogP contribution is 2.45. The summed E-state index contributed by atoms with van der Waals surface area (Å²) < 4.78 is 42.9. The van der Waals surface area contributed by atoms with Crippen LogP contribution in [0.5, 0.6) is 0 Å². The Balaban J connectivity index is 2.07. The van der Waals surface area contributed by atoms with Crippen LogP contribution in [0.4, 0.5) is 4.39 Å². The molecule has 1 aliphatic heterocycles. The largest absolute Gasteiger partial charge is 0.462 e. The maximum absolute atomic E-state index is 13.9. The van der Waals surface area contributed by atoms with Crippen LogP contribution < -0.4 is 16.3 Å². The zero-order chi connectivity index (χ0) is 22.7. The fraction of sp³-hybridized carbons (Fsp3) is 0.706. The molecule has 11 nitrogen and oxygen atoms in total. The Morgan fingerprint density at radius 2 is 2.17 bits per heavy atom. The van der Waals surface area contributed by atoms with E-state index in [1.165, 1.54) is 13.1 Å². The summed E-state index contributed by atoms with van der Waals surface area (Å²) in [7, 11) is -4.50.